The largest absolute Gasteiger partial charge is 0.748 e. The Hall–Kier alpha value is -3.01. The highest BCUT2D eigenvalue weighted by Gasteiger charge is 2.64. The van der Waals surface area contributed by atoms with Gasteiger partial charge in [0.15, 0.2) is 14.7 Å². The maximum absolute atomic E-state index is 11.8. The molecule has 2 bridgehead atoms. The number of ether oxygens (including phenoxy) is 3. The first-order valence-electron chi connectivity index (χ1n) is 16.0. The van der Waals surface area contributed by atoms with Crippen molar-refractivity contribution in [1.29, 1.82) is 0 Å². The second kappa shape index (κ2) is 14.4. The van der Waals surface area contributed by atoms with Gasteiger partial charge in [-0.1, -0.05) is 13.8 Å². The molecule has 9 heteroatoms. The van der Waals surface area contributed by atoms with E-state index in [0.717, 1.165) is 23.7 Å². The normalized spacial score (nSPS) is 20.3. The van der Waals surface area contributed by atoms with Crippen LogP contribution in [-0.4, -0.2) is 42.8 Å². The number of carbonyl (C=O) groups excluding carboxylic acids is 1. The van der Waals surface area contributed by atoms with Crippen molar-refractivity contribution in [3.63, 3.8) is 0 Å². The summed E-state index contributed by atoms with van der Waals surface area (Å²) in [5, 5.41) is 0. The van der Waals surface area contributed by atoms with E-state index in [9.17, 15) is 17.8 Å². The number of hydrogen-bond acceptors (Lipinski definition) is 7. The number of Topliss-reactive ketones (excluding diaryl/α,β-unsaturated/α-hetero) is 1. The third-order valence-electron chi connectivity index (χ3n) is 8.86. The molecule has 2 unspecified atom stereocenters. The lowest BCUT2D eigenvalue weighted by molar-refractivity contribution is -0.128. The van der Waals surface area contributed by atoms with Crippen molar-refractivity contribution >= 4 is 26.8 Å². The van der Waals surface area contributed by atoms with E-state index in [0.29, 0.717) is 12.8 Å². The Morgan fingerprint density at radius 2 is 1.07 bits per heavy atom. The van der Waals surface area contributed by atoms with Gasteiger partial charge in [0.25, 0.3) is 0 Å². The standard InChI is InChI=1S/C27H33O3S.C10H16O4S/c1-19(2)28-22-7-13-25(14-8-22)31(26-15-9-23(10-16-26)29-20(3)4)27-17-11-24(12-18-27)30-21(5)6;1-9(2)7-3-4-10(9,8(11)5-7)6-15(12,13)14/h7-21H,1-6H3;7H,3-6H2,1-2H3,(H,12,13,14)/q+1;/p-1. The van der Waals surface area contributed by atoms with E-state index >= 15 is 0 Å². The molecule has 0 saturated heterocycles. The van der Waals surface area contributed by atoms with Gasteiger partial charge in [-0.25, -0.2) is 8.42 Å². The molecule has 5 rings (SSSR count). The minimum atomic E-state index is -4.33. The van der Waals surface area contributed by atoms with Crippen LogP contribution in [0.3, 0.4) is 0 Å². The lowest BCUT2D eigenvalue weighted by Gasteiger charge is -2.37. The van der Waals surface area contributed by atoms with Crippen LogP contribution in [0.5, 0.6) is 17.2 Å². The van der Waals surface area contributed by atoms with Gasteiger partial charge in [0.1, 0.15) is 23.0 Å². The van der Waals surface area contributed by atoms with Crippen molar-refractivity contribution in [1.82, 2.24) is 0 Å². The summed E-state index contributed by atoms with van der Waals surface area (Å²) < 4.78 is 50.2. The van der Waals surface area contributed by atoms with E-state index in [1.807, 2.05) is 55.4 Å². The van der Waals surface area contributed by atoms with Gasteiger partial charge in [-0.05, 0) is 139 Å². The number of ketones is 1. The molecule has 0 aromatic heterocycles. The van der Waals surface area contributed by atoms with Crippen LogP contribution in [0.1, 0.15) is 74.7 Å². The van der Waals surface area contributed by atoms with Gasteiger partial charge in [0.05, 0.1) is 45.1 Å². The fourth-order valence-electron chi connectivity index (χ4n) is 6.60. The Morgan fingerprint density at radius 1 is 0.717 bits per heavy atom. The summed E-state index contributed by atoms with van der Waals surface area (Å²) in [5.41, 5.74) is -1.22. The summed E-state index contributed by atoms with van der Waals surface area (Å²) in [6.45, 7) is 16.1. The second-order valence-electron chi connectivity index (χ2n) is 13.6. The summed E-state index contributed by atoms with van der Waals surface area (Å²) in [4.78, 5) is 15.6. The first-order valence-corrected chi connectivity index (χ1v) is 18.8. The maximum atomic E-state index is 11.8. The van der Waals surface area contributed by atoms with E-state index in [-0.39, 0.29) is 46.3 Å². The average Bonchev–Trinajstić information content (AvgIpc) is 3.29. The number of carbonyl (C=O) groups is 1. The Morgan fingerprint density at radius 3 is 1.30 bits per heavy atom. The number of fused-ring (bicyclic) bond motifs is 2. The molecule has 2 atom stereocenters. The minimum Gasteiger partial charge on any atom is -0.748 e. The Kier molecular flexibility index (Phi) is 11.2. The molecule has 0 amide bonds. The van der Waals surface area contributed by atoms with Crippen LogP contribution >= 0.6 is 0 Å². The lowest BCUT2D eigenvalue weighted by Crippen LogP contribution is -2.42. The zero-order valence-corrected chi connectivity index (χ0v) is 29.9. The molecule has 0 aliphatic heterocycles. The van der Waals surface area contributed by atoms with Crippen LogP contribution in [0.15, 0.2) is 87.5 Å². The van der Waals surface area contributed by atoms with E-state index in [4.69, 9.17) is 14.2 Å². The maximum Gasteiger partial charge on any atom is 0.166 e. The Balaban J connectivity index is 0.000000266. The first-order chi connectivity index (χ1) is 21.5. The molecular weight excluding hydrogens is 621 g/mol. The highest BCUT2D eigenvalue weighted by atomic mass is 32.2. The van der Waals surface area contributed by atoms with Crippen molar-refractivity contribution in [2.24, 2.45) is 16.7 Å². The lowest BCUT2D eigenvalue weighted by atomic mass is 9.70. The van der Waals surface area contributed by atoms with Gasteiger partial charge < -0.3 is 18.8 Å². The minimum absolute atomic E-state index is 0.0248. The predicted octanol–water partition coefficient (Wildman–Crippen LogP) is 8.07. The summed E-state index contributed by atoms with van der Waals surface area (Å²) in [7, 11) is -4.57. The molecule has 3 aromatic rings. The molecule has 2 fully saturated rings. The van der Waals surface area contributed by atoms with Crippen LogP contribution in [0.2, 0.25) is 0 Å². The summed E-state index contributed by atoms with van der Waals surface area (Å²) in [6.07, 6.45) is 2.35. The quantitative estimate of drug-likeness (QED) is 0.150. The Labute approximate surface area is 278 Å². The topological polar surface area (TPSA) is 102 Å². The molecule has 250 valence electrons. The fourth-order valence-corrected chi connectivity index (χ4v) is 9.92. The SMILES string of the molecule is CC(C)Oc1ccc([S+](c2ccc(OC(C)C)cc2)c2ccc(OC(C)C)cc2)cc1.CC1(C)C2CCC1(CS(=O)(=O)[O-])C(=O)C2. The molecule has 7 nitrogen and oxygen atoms in total. The van der Waals surface area contributed by atoms with Crippen LogP contribution in [0.25, 0.3) is 0 Å². The van der Waals surface area contributed by atoms with E-state index < -0.39 is 21.3 Å². The third-order valence-corrected chi connectivity index (χ3v) is 11.9. The molecular formula is C37H48O7S2. The van der Waals surface area contributed by atoms with Crippen molar-refractivity contribution in [2.75, 3.05) is 5.75 Å². The molecule has 2 aliphatic carbocycles. The summed E-state index contributed by atoms with van der Waals surface area (Å²) >= 11 is 0. The second-order valence-corrected chi connectivity index (χ2v) is 17.0. The molecule has 3 aromatic carbocycles. The number of benzene rings is 3. The summed E-state index contributed by atoms with van der Waals surface area (Å²) in [5.74, 6) is 2.40. The fraction of sp³-hybridized carbons (Fsp3) is 0.486. The van der Waals surface area contributed by atoms with Crippen LogP contribution < -0.4 is 14.2 Å². The first kappa shape index (κ1) is 35.8. The van der Waals surface area contributed by atoms with Gasteiger partial charge in [-0.15, -0.1) is 0 Å². The van der Waals surface area contributed by atoms with Gasteiger partial charge in [0.2, 0.25) is 0 Å². The average molecular weight is 669 g/mol. The van der Waals surface area contributed by atoms with Gasteiger partial charge in [0, 0.05) is 11.8 Å². The van der Waals surface area contributed by atoms with Crippen LogP contribution in [0, 0.1) is 16.7 Å². The van der Waals surface area contributed by atoms with Gasteiger partial charge in [-0.2, -0.15) is 0 Å². The van der Waals surface area contributed by atoms with Crippen molar-refractivity contribution in [3.05, 3.63) is 72.8 Å². The highest BCUT2D eigenvalue weighted by molar-refractivity contribution is 7.97. The highest BCUT2D eigenvalue weighted by Crippen LogP contribution is 2.64. The molecule has 2 saturated carbocycles. The molecule has 0 N–H and O–H groups in total. The van der Waals surface area contributed by atoms with E-state index in [2.05, 4.69) is 72.8 Å². The van der Waals surface area contributed by atoms with Crippen LogP contribution in [0.4, 0.5) is 0 Å². The zero-order chi connectivity index (χ0) is 33.9. The van der Waals surface area contributed by atoms with E-state index in [1.165, 1.54) is 14.7 Å². The zero-order valence-electron chi connectivity index (χ0n) is 28.2. The molecule has 0 heterocycles. The smallest absolute Gasteiger partial charge is 0.166 e. The van der Waals surface area contributed by atoms with Crippen molar-refractivity contribution in [3.8, 4) is 17.2 Å². The number of hydrogen-bond donors (Lipinski definition) is 0. The van der Waals surface area contributed by atoms with E-state index in [1.54, 1.807) is 0 Å². The monoisotopic (exact) mass is 668 g/mol. The predicted molar refractivity (Wildman–Crippen MR) is 182 cm³/mol. The molecule has 0 spiro atoms. The van der Waals surface area contributed by atoms with Gasteiger partial charge in [-0.3, -0.25) is 4.79 Å². The molecule has 46 heavy (non-hydrogen) atoms. The molecule has 2 aliphatic rings. The van der Waals surface area contributed by atoms with Crippen molar-refractivity contribution < 1.29 is 32.0 Å². The Bertz CT molecular complexity index is 1430. The third kappa shape index (κ3) is 8.47. The summed E-state index contributed by atoms with van der Waals surface area (Å²) in [6, 6.07) is 25.3. The number of rotatable bonds is 11. The van der Waals surface area contributed by atoms with Gasteiger partial charge >= 0.3 is 0 Å². The molecule has 0 radical (unpaired) electrons. The van der Waals surface area contributed by atoms with Crippen LogP contribution in [-0.2, 0) is 25.8 Å². The van der Waals surface area contributed by atoms with Crippen molar-refractivity contribution in [2.45, 2.75) is 108 Å².